The standard InChI is InChI=1S/C13H21N3O2S/c1-4-7-15-13(14)16-9-11-5-6-12(10(2)8-11)19(3,17)18/h5-6,8H,4,7,9H2,1-3H3,(H3,14,15,16). The molecule has 0 fully saturated rings. The Labute approximate surface area is 114 Å². The van der Waals surface area contributed by atoms with Gasteiger partial charge in [-0.25, -0.2) is 13.4 Å². The number of hydrogen-bond donors (Lipinski definition) is 2. The van der Waals surface area contributed by atoms with E-state index in [2.05, 4.69) is 10.3 Å². The van der Waals surface area contributed by atoms with Gasteiger partial charge in [0.25, 0.3) is 0 Å². The van der Waals surface area contributed by atoms with Crippen LogP contribution in [0.3, 0.4) is 0 Å². The molecule has 0 spiro atoms. The maximum absolute atomic E-state index is 11.5. The molecule has 0 unspecified atom stereocenters. The number of aliphatic imine (C=N–C) groups is 1. The van der Waals surface area contributed by atoms with E-state index < -0.39 is 9.84 Å². The molecule has 1 aromatic carbocycles. The molecule has 1 aromatic rings. The van der Waals surface area contributed by atoms with Crippen molar-refractivity contribution in [3.63, 3.8) is 0 Å². The molecule has 0 saturated heterocycles. The van der Waals surface area contributed by atoms with Crippen LogP contribution in [0, 0.1) is 6.92 Å². The third-order valence-corrected chi connectivity index (χ3v) is 3.88. The number of sulfone groups is 1. The van der Waals surface area contributed by atoms with Crippen LogP contribution in [-0.2, 0) is 16.4 Å². The van der Waals surface area contributed by atoms with Gasteiger partial charge in [-0.15, -0.1) is 0 Å². The second-order valence-corrected chi connectivity index (χ2v) is 6.48. The highest BCUT2D eigenvalue weighted by Crippen LogP contribution is 2.17. The summed E-state index contributed by atoms with van der Waals surface area (Å²) >= 11 is 0. The molecule has 0 aliphatic rings. The molecule has 6 heteroatoms. The Kier molecular flexibility index (Phi) is 5.35. The number of nitrogens with one attached hydrogen (secondary N) is 1. The number of nitrogens with two attached hydrogens (primary N) is 1. The highest BCUT2D eigenvalue weighted by Gasteiger charge is 2.10. The van der Waals surface area contributed by atoms with Crippen molar-refractivity contribution in [1.82, 2.24) is 5.32 Å². The fraction of sp³-hybridized carbons (Fsp3) is 0.462. The van der Waals surface area contributed by atoms with Gasteiger partial charge >= 0.3 is 0 Å². The van der Waals surface area contributed by atoms with E-state index in [9.17, 15) is 8.42 Å². The lowest BCUT2D eigenvalue weighted by Crippen LogP contribution is -2.32. The molecule has 19 heavy (non-hydrogen) atoms. The van der Waals surface area contributed by atoms with E-state index >= 15 is 0 Å². The van der Waals surface area contributed by atoms with E-state index in [4.69, 9.17) is 5.73 Å². The van der Waals surface area contributed by atoms with Gasteiger partial charge in [-0.3, -0.25) is 0 Å². The lowest BCUT2D eigenvalue weighted by atomic mass is 10.1. The summed E-state index contributed by atoms with van der Waals surface area (Å²) < 4.78 is 23.0. The smallest absolute Gasteiger partial charge is 0.188 e. The van der Waals surface area contributed by atoms with E-state index in [1.165, 1.54) is 6.26 Å². The van der Waals surface area contributed by atoms with Crippen LogP contribution in [0.2, 0.25) is 0 Å². The van der Waals surface area contributed by atoms with Crippen LogP contribution in [0.1, 0.15) is 24.5 Å². The van der Waals surface area contributed by atoms with Gasteiger partial charge in [-0.1, -0.05) is 19.1 Å². The zero-order valence-electron chi connectivity index (χ0n) is 11.6. The SMILES string of the molecule is CCCNC(N)=NCc1ccc(S(C)(=O)=O)c(C)c1. The van der Waals surface area contributed by atoms with Crippen LogP contribution in [0.25, 0.3) is 0 Å². The topological polar surface area (TPSA) is 84.5 Å². The molecule has 3 N–H and O–H groups in total. The van der Waals surface area contributed by atoms with Crippen molar-refractivity contribution in [1.29, 1.82) is 0 Å². The van der Waals surface area contributed by atoms with Crippen molar-refractivity contribution in [2.75, 3.05) is 12.8 Å². The summed E-state index contributed by atoms with van der Waals surface area (Å²) in [5.74, 6) is 0.409. The van der Waals surface area contributed by atoms with Gasteiger partial charge in [0.05, 0.1) is 11.4 Å². The summed E-state index contributed by atoms with van der Waals surface area (Å²) in [5, 5.41) is 2.98. The van der Waals surface area contributed by atoms with E-state index in [0.29, 0.717) is 17.4 Å². The summed E-state index contributed by atoms with van der Waals surface area (Å²) in [5.41, 5.74) is 7.36. The Morgan fingerprint density at radius 3 is 2.63 bits per heavy atom. The van der Waals surface area contributed by atoms with Crippen LogP contribution in [-0.4, -0.2) is 27.2 Å². The van der Waals surface area contributed by atoms with Gasteiger partial charge in [0.2, 0.25) is 0 Å². The molecule has 0 heterocycles. The fourth-order valence-electron chi connectivity index (χ4n) is 1.71. The van der Waals surface area contributed by atoms with E-state index in [-0.39, 0.29) is 0 Å². The number of guanidine groups is 1. The third kappa shape index (κ3) is 4.90. The first-order chi connectivity index (χ1) is 8.84. The molecule has 0 aromatic heterocycles. The number of rotatable bonds is 5. The van der Waals surface area contributed by atoms with E-state index in [1.807, 2.05) is 13.0 Å². The largest absolute Gasteiger partial charge is 0.370 e. The van der Waals surface area contributed by atoms with Crippen LogP contribution in [0.4, 0.5) is 0 Å². The second kappa shape index (κ2) is 6.56. The fourth-order valence-corrected chi connectivity index (χ4v) is 2.67. The second-order valence-electron chi connectivity index (χ2n) is 4.50. The number of aryl methyl sites for hydroxylation is 1. The monoisotopic (exact) mass is 283 g/mol. The normalized spacial score (nSPS) is 12.5. The van der Waals surface area contributed by atoms with Gasteiger partial charge in [0.15, 0.2) is 15.8 Å². The lowest BCUT2D eigenvalue weighted by Gasteiger charge is -2.07. The molecule has 0 saturated carbocycles. The maximum Gasteiger partial charge on any atom is 0.188 e. The third-order valence-electron chi connectivity index (χ3n) is 2.63. The lowest BCUT2D eigenvalue weighted by molar-refractivity contribution is 0.601. The molecule has 0 amide bonds. The summed E-state index contributed by atoms with van der Waals surface area (Å²) in [7, 11) is -3.17. The van der Waals surface area contributed by atoms with Gasteiger partial charge in [-0.05, 0) is 30.5 Å². The Balaban J connectivity index is 2.80. The summed E-state index contributed by atoms with van der Waals surface area (Å²) in [6, 6.07) is 5.21. The van der Waals surface area contributed by atoms with Gasteiger partial charge in [-0.2, -0.15) is 0 Å². The van der Waals surface area contributed by atoms with Crippen molar-refractivity contribution < 1.29 is 8.42 Å². The Morgan fingerprint density at radius 2 is 2.11 bits per heavy atom. The van der Waals surface area contributed by atoms with Crippen LogP contribution >= 0.6 is 0 Å². The highest BCUT2D eigenvalue weighted by atomic mass is 32.2. The molecule has 106 valence electrons. The Bertz CT molecular complexity index is 565. The minimum absolute atomic E-state index is 0.359. The zero-order chi connectivity index (χ0) is 14.5. The van der Waals surface area contributed by atoms with Crippen molar-refractivity contribution >= 4 is 15.8 Å². The predicted molar refractivity (Wildman–Crippen MR) is 77.9 cm³/mol. The average Bonchev–Trinajstić information content (AvgIpc) is 2.32. The van der Waals surface area contributed by atoms with Crippen LogP contribution < -0.4 is 11.1 Å². The summed E-state index contributed by atoms with van der Waals surface area (Å²) in [4.78, 5) is 4.56. The number of hydrogen-bond acceptors (Lipinski definition) is 3. The molecule has 0 aliphatic heterocycles. The first-order valence-electron chi connectivity index (χ1n) is 6.18. The zero-order valence-corrected chi connectivity index (χ0v) is 12.4. The molecule has 0 radical (unpaired) electrons. The van der Waals surface area contributed by atoms with Gasteiger partial charge < -0.3 is 11.1 Å². The highest BCUT2D eigenvalue weighted by molar-refractivity contribution is 7.90. The number of nitrogens with zero attached hydrogens (tertiary/aromatic N) is 1. The first kappa shape index (κ1) is 15.5. The van der Waals surface area contributed by atoms with Crippen molar-refractivity contribution in [2.24, 2.45) is 10.7 Å². The first-order valence-corrected chi connectivity index (χ1v) is 8.07. The van der Waals surface area contributed by atoms with Gasteiger partial charge in [0, 0.05) is 12.8 Å². The predicted octanol–water partition coefficient (Wildman–Crippen LogP) is 1.21. The number of benzene rings is 1. The Hall–Kier alpha value is -1.56. The van der Waals surface area contributed by atoms with Crippen molar-refractivity contribution in [3.05, 3.63) is 29.3 Å². The van der Waals surface area contributed by atoms with Crippen LogP contribution in [0.15, 0.2) is 28.1 Å². The minimum atomic E-state index is -3.17. The summed E-state index contributed by atoms with van der Waals surface area (Å²) in [6.45, 7) is 5.06. The average molecular weight is 283 g/mol. The van der Waals surface area contributed by atoms with Crippen molar-refractivity contribution in [2.45, 2.75) is 31.7 Å². The van der Waals surface area contributed by atoms with E-state index in [1.54, 1.807) is 19.1 Å². The minimum Gasteiger partial charge on any atom is -0.370 e. The Morgan fingerprint density at radius 1 is 1.42 bits per heavy atom. The molecule has 0 aliphatic carbocycles. The van der Waals surface area contributed by atoms with Crippen molar-refractivity contribution in [3.8, 4) is 0 Å². The maximum atomic E-state index is 11.5. The molecular weight excluding hydrogens is 262 g/mol. The molecule has 0 atom stereocenters. The van der Waals surface area contributed by atoms with E-state index in [0.717, 1.165) is 24.1 Å². The van der Waals surface area contributed by atoms with Gasteiger partial charge in [0.1, 0.15) is 0 Å². The molecule has 0 bridgehead atoms. The molecular formula is C13H21N3O2S. The molecule has 5 nitrogen and oxygen atoms in total. The quantitative estimate of drug-likeness (QED) is 0.628. The van der Waals surface area contributed by atoms with Crippen LogP contribution in [0.5, 0.6) is 0 Å². The summed E-state index contributed by atoms with van der Waals surface area (Å²) in [6.07, 6.45) is 2.19. The molecule has 1 rings (SSSR count).